The lowest BCUT2D eigenvalue weighted by Crippen LogP contribution is -2.15. The van der Waals surface area contributed by atoms with Crippen molar-refractivity contribution >= 4 is 17.4 Å². The highest BCUT2D eigenvalue weighted by Crippen LogP contribution is 2.29. The first-order valence-electron chi connectivity index (χ1n) is 6.42. The van der Waals surface area contributed by atoms with Crippen molar-refractivity contribution in [3.05, 3.63) is 28.3 Å². The van der Waals surface area contributed by atoms with Crippen LogP contribution in [0.3, 0.4) is 0 Å². The SMILES string of the molecule is CNC(C)c1nnc(NC(c2cccs2)C(C)C)o1. The van der Waals surface area contributed by atoms with E-state index in [4.69, 9.17) is 4.42 Å². The molecule has 0 radical (unpaired) electrons. The summed E-state index contributed by atoms with van der Waals surface area (Å²) in [5, 5.41) is 16.6. The van der Waals surface area contributed by atoms with Gasteiger partial charge >= 0.3 is 6.01 Å². The van der Waals surface area contributed by atoms with Crippen molar-refractivity contribution in [1.29, 1.82) is 0 Å². The Morgan fingerprint density at radius 1 is 1.26 bits per heavy atom. The second-order valence-electron chi connectivity index (χ2n) is 4.84. The maximum Gasteiger partial charge on any atom is 0.316 e. The van der Waals surface area contributed by atoms with Gasteiger partial charge in [0.15, 0.2) is 0 Å². The molecule has 2 aromatic heterocycles. The van der Waals surface area contributed by atoms with Crippen LogP contribution in [0.25, 0.3) is 0 Å². The highest BCUT2D eigenvalue weighted by Gasteiger charge is 2.20. The Balaban J connectivity index is 2.12. The van der Waals surface area contributed by atoms with Crippen LogP contribution in [-0.2, 0) is 0 Å². The Kier molecular flexibility index (Phi) is 4.55. The molecular formula is C13H20N4OS. The van der Waals surface area contributed by atoms with E-state index in [0.29, 0.717) is 17.8 Å². The fourth-order valence-electron chi connectivity index (χ4n) is 1.76. The molecule has 0 saturated carbocycles. The number of hydrogen-bond donors (Lipinski definition) is 2. The van der Waals surface area contributed by atoms with E-state index < -0.39 is 0 Å². The minimum Gasteiger partial charge on any atom is -0.406 e. The first-order chi connectivity index (χ1) is 9.11. The van der Waals surface area contributed by atoms with Crippen molar-refractivity contribution in [3.8, 4) is 0 Å². The zero-order valence-corrected chi connectivity index (χ0v) is 12.5. The fraction of sp³-hybridized carbons (Fsp3) is 0.538. The Bertz CT molecular complexity index is 494. The topological polar surface area (TPSA) is 63.0 Å². The van der Waals surface area contributed by atoms with Gasteiger partial charge in [-0.25, -0.2) is 0 Å². The first kappa shape index (κ1) is 14.0. The zero-order valence-electron chi connectivity index (χ0n) is 11.7. The summed E-state index contributed by atoms with van der Waals surface area (Å²) in [5.74, 6) is 1.04. The van der Waals surface area contributed by atoms with Crippen LogP contribution in [0.2, 0.25) is 0 Å². The normalized spacial score (nSPS) is 14.6. The predicted octanol–water partition coefficient (Wildman–Crippen LogP) is 3.22. The molecule has 0 spiro atoms. The molecule has 5 nitrogen and oxygen atoms in total. The average molecular weight is 280 g/mol. The fourth-order valence-corrected chi connectivity index (χ4v) is 2.71. The molecule has 104 valence electrons. The van der Waals surface area contributed by atoms with E-state index in [1.165, 1.54) is 4.88 Å². The molecule has 0 fully saturated rings. The lowest BCUT2D eigenvalue weighted by atomic mass is 10.0. The zero-order chi connectivity index (χ0) is 13.8. The molecule has 19 heavy (non-hydrogen) atoms. The average Bonchev–Trinajstić information content (AvgIpc) is 3.05. The molecule has 0 aromatic carbocycles. The molecule has 0 saturated heterocycles. The van der Waals surface area contributed by atoms with Crippen LogP contribution in [0.5, 0.6) is 0 Å². The summed E-state index contributed by atoms with van der Waals surface area (Å²) in [6.07, 6.45) is 0. The quantitative estimate of drug-likeness (QED) is 0.850. The van der Waals surface area contributed by atoms with E-state index in [2.05, 4.69) is 52.2 Å². The van der Waals surface area contributed by atoms with Gasteiger partial charge < -0.3 is 15.1 Å². The van der Waals surface area contributed by atoms with Gasteiger partial charge in [-0.3, -0.25) is 0 Å². The minimum atomic E-state index is 0.0577. The highest BCUT2D eigenvalue weighted by atomic mass is 32.1. The van der Waals surface area contributed by atoms with E-state index in [-0.39, 0.29) is 12.1 Å². The Labute approximate surface area is 117 Å². The van der Waals surface area contributed by atoms with Crippen LogP contribution in [0, 0.1) is 5.92 Å². The summed E-state index contributed by atoms with van der Waals surface area (Å²) in [6.45, 7) is 6.33. The van der Waals surface area contributed by atoms with E-state index in [1.807, 2.05) is 14.0 Å². The van der Waals surface area contributed by atoms with Crippen molar-refractivity contribution in [2.75, 3.05) is 12.4 Å². The summed E-state index contributed by atoms with van der Waals surface area (Å²) in [5.41, 5.74) is 0. The van der Waals surface area contributed by atoms with Gasteiger partial charge in [-0.1, -0.05) is 25.0 Å². The van der Waals surface area contributed by atoms with Crippen molar-refractivity contribution in [2.24, 2.45) is 5.92 Å². The van der Waals surface area contributed by atoms with Crippen LogP contribution in [0.1, 0.15) is 43.6 Å². The maximum atomic E-state index is 5.62. The second kappa shape index (κ2) is 6.16. The largest absolute Gasteiger partial charge is 0.406 e. The standard InChI is InChI=1S/C13H20N4OS/c1-8(2)11(10-6-5-7-19-10)15-13-17-16-12(18-13)9(3)14-4/h5-9,11,14H,1-4H3,(H,15,17). The molecular weight excluding hydrogens is 260 g/mol. The molecule has 2 N–H and O–H groups in total. The Hall–Kier alpha value is -1.40. The van der Waals surface area contributed by atoms with Gasteiger partial charge in [0, 0.05) is 4.88 Å². The summed E-state index contributed by atoms with van der Waals surface area (Å²) in [4.78, 5) is 1.27. The van der Waals surface area contributed by atoms with E-state index in [1.54, 1.807) is 11.3 Å². The molecule has 2 atom stereocenters. The van der Waals surface area contributed by atoms with Gasteiger partial charge in [0.05, 0.1) is 12.1 Å². The molecule has 2 heterocycles. The number of nitrogens with one attached hydrogen (secondary N) is 2. The number of aromatic nitrogens is 2. The van der Waals surface area contributed by atoms with E-state index in [0.717, 1.165) is 0 Å². The molecule has 0 aliphatic heterocycles. The summed E-state index contributed by atoms with van der Waals surface area (Å²) < 4.78 is 5.62. The van der Waals surface area contributed by atoms with Gasteiger partial charge in [0.25, 0.3) is 0 Å². The Morgan fingerprint density at radius 2 is 2.05 bits per heavy atom. The molecule has 2 rings (SSSR count). The number of thiophene rings is 1. The van der Waals surface area contributed by atoms with Gasteiger partial charge in [-0.05, 0) is 31.3 Å². The smallest absolute Gasteiger partial charge is 0.316 e. The number of rotatable bonds is 6. The van der Waals surface area contributed by atoms with Gasteiger partial charge in [-0.2, -0.15) is 0 Å². The second-order valence-corrected chi connectivity index (χ2v) is 5.82. The third kappa shape index (κ3) is 3.33. The molecule has 0 aliphatic carbocycles. The van der Waals surface area contributed by atoms with Gasteiger partial charge in [0.2, 0.25) is 5.89 Å². The lowest BCUT2D eigenvalue weighted by molar-refractivity contribution is 0.432. The number of nitrogens with zero attached hydrogens (tertiary/aromatic N) is 2. The van der Waals surface area contributed by atoms with Crippen molar-refractivity contribution in [2.45, 2.75) is 32.9 Å². The molecule has 2 aromatic rings. The first-order valence-corrected chi connectivity index (χ1v) is 7.30. The van der Waals surface area contributed by atoms with Crippen molar-refractivity contribution < 1.29 is 4.42 Å². The molecule has 6 heteroatoms. The number of anilines is 1. The number of hydrogen-bond acceptors (Lipinski definition) is 6. The molecule has 2 unspecified atom stereocenters. The van der Waals surface area contributed by atoms with E-state index >= 15 is 0 Å². The minimum absolute atomic E-state index is 0.0577. The summed E-state index contributed by atoms with van der Waals surface area (Å²) >= 11 is 1.73. The summed E-state index contributed by atoms with van der Waals surface area (Å²) in [7, 11) is 1.87. The van der Waals surface area contributed by atoms with E-state index in [9.17, 15) is 0 Å². The molecule has 0 amide bonds. The van der Waals surface area contributed by atoms with Crippen LogP contribution < -0.4 is 10.6 Å². The monoisotopic (exact) mass is 280 g/mol. The third-order valence-corrected chi connectivity index (χ3v) is 3.99. The van der Waals surface area contributed by atoms with Crippen LogP contribution in [-0.4, -0.2) is 17.2 Å². The molecule has 0 bridgehead atoms. The van der Waals surface area contributed by atoms with Crippen LogP contribution in [0.4, 0.5) is 6.01 Å². The summed E-state index contributed by atoms with van der Waals surface area (Å²) in [6, 6.07) is 4.90. The third-order valence-electron chi connectivity index (χ3n) is 3.04. The van der Waals surface area contributed by atoms with Crippen molar-refractivity contribution in [3.63, 3.8) is 0 Å². The predicted molar refractivity (Wildman–Crippen MR) is 77.3 cm³/mol. The van der Waals surface area contributed by atoms with Gasteiger partial charge in [-0.15, -0.1) is 16.4 Å². The van der Waals surface area contributed by atoms with Crippen LogP contribution >= 0.6 is 11.3 Å². The maximum absolute atomic E-state index is 5.62. The van der Waals surface area contributed by atoms with Gasteiger partial charge in [0.1, 0.15) is 0 Å². The Morgan fingerprint density at radius 3 is 2.63 bits per heavy atom. The van der Waals surface area contributed by atoms with Crippen LogP contribution in [0.15, 0.2) is 21.9 Å². The lowest BCUT2D eigenvalue weighted by Gasteiger charge is -2.19. The highest BCUT2D eigenvalue weighted by molar-refractivity contribution is 7.10. The molecule has 0 aliphatic rings. The van der Waals surface area contributed by atoms with Crippen molar-refractivity contribution in [1.82, 2.24) is 15.5 Å².